The minimum absolute atomic E-state index is 0.205. The fourth-order valence-electron chi connectivity index (χ4n) is 11.6. The van der Waals surface area contributed by atoms with Gasteiger partial charge in [-0.2, -0.15) is 0 Å². The molecule has 10 aromatic carbocycles. The number of anilines is 5. The molecule has 1 atom stereocenters. The summed E-state index contributed by atoms with van der Waals surface area (Å²) in [6.45, 7) is 4.39. The van der Waals surface area contributed by atoms with Crippen molar-refractivity contribution in [3.63, 3.8) is 0 Å². The van der Waals surface area contributed by atoms with Crippen LogP contribution in [-0.2, 0) is 6.42 Å². The molecule has 0 amide bonds. The molecule has 0 N–H and O–H groups in total. The van der Waals surface area contributed by atoms with E-state index in [4.69, 9.17) is 8.83 Å². The smallest absolute Gasteiger partial charge is 0.159 e. The van der Waals surface area contributed by atoms with Crippen LogP contribution in [0.3, 0.4) is 0 Å². The zero-order valence-electron chi connectivity index (χ0n) is 38.9. The van der Waals surface area contributed by atoms with Gasteiger partial charge >= 0.3 is 0 Å². The summed E-state index contributed by atoms with van der Waals surface area (Å²) in [6, 6.07) is 76.6. The van der Waals surface area contributed by atoms with Crippen LogP contribution in [0.4, 0.5) is 28.4 Å². The zero-order chi connectivity index (χ0) is 46.5. The Kier molecular flexibility index (Phi) is 9.12. The molecule has 2 aliphatic carbocycles. The van der Waals surface area contributed by atoms with Crippen molar-refractivity contribution in [2.45, 2.75) is 26.3 Å². The Balaban J connectivity index is 1.09. The third-order valence-corrected chi connectivity index (χ3v) is 14.6. The van der Waals surface area contributed by atoms with E-state index in [9.17, 15) is 0 Å². The number of para-hydroxylation sites is 6. The second-order valence-corrected chi connectivity index (χ2v) is 18.8. The summed E-state index contributed by atoms with van der Waals surface area (Å²) in [5, 5.41) is 6.87. The van der Waals surface area contributed by atoms with Gasteiger partial charge in [0.25, 0.3) is 0 Å². The Morgan fingerprint density at radius 3 is 1.70 bits per heavy atom. The molecule has 0 saturated heterocycles. The third-order valence-electron chi connectivity index (χ3n) is 14.6. The van der Waals surface area contributed by atoms with Crippen molar-refractivity contribution in [1.29, 1.82) is 0 Å². The molecule has 4 nitrogen and oxygen atoms in total. The van der Waals surface area contributed by atoms with Crippen LogP contribution >= 0.6 is 0 Å². The minimum Gasteiger partial charge on any atom is -0.454 e. The normalized spacial score (nSPS) is 14.1. The van der Waals surface area contributed by atoms with Crippen LogP contribution in [0.15, 0.2) is 233 Å². The fourth-order valence-corrected chi connectivity index (χ4v) is 11.6. The molecule has 2 aromatic heterocycles. The van der Waals surface area contributed by atoms with E-state index in [0.29, 0.717) is 0 Å². The van der Waals surface area contributed by atoms with Gasteiger partial charge in [-0.05, 0) is 131 Å². The van der Waals surface area contributed by atoms with Crippen molar-refractivity contribution in [2.75, 3.05) is 9.80 Å². The van der Waals surface area contributed by atoms with E-state index in [2.05, 4.69) is 248 Å². The maximum atomic E-state index is 6.88. The molecule has 1 unspecified atom stereocenters. The highest BCUT2D eigenvalue weighted by Crippen LogP contribution is 2.54. The predicted octanol–water partition coefficient (Wildman–Crippen LogP) is 18.0. The summed E-state index contributed by atoms with van der Waals surface area (Å²) in [5.74, 6) is 0. The number of aryl methyl sites for hydroxylation is 2. The zero-order valence-corrected chi connectivity index (χ0v) is 38.9. The molecule has 0 bridgehead atoms. The van der Waals surface area contributed by atoms with Gasteiger partial charge in [-0.1, -0.05) is 175 Å². The molecule has 2 heterocycles. The number of allylic oxidation sites excluding steroid dienone is 1. The fraction of sp³-hybridized carbons (Fsp3) is 0.0606. The number of hydrogen-bond donors (Lipinski definition) is 0. The van der Waals surface area contributed by atoms with Crippen LogP contribution in [0, 0.1) is 13.8 Å². The molecule has 2 aliphatic rings. The summed E-state index contributed by atoms with van der Waals surface area (Å²) >= 11 is 0. The number of fused-ring (bicyclic) bond motifs is 6. The van der Waals surface area contributed by atoms with Crippen LogP contribution < -0.4 is 9.80 Å². The molecule has 12 aromatic rings. The lowest BCUT2D eigenvalue weighted by Gasteiger charge is -2.40. The second-order valence-electron chi connectivity index (χ2n) is 18.8. The second kappa shape index (κ2) is 15.9. The van der Waals surface area contributed by atoms with Crippen LogP contribution in [0.2, 0.25) is 0 Å². The lowest BCUT2D eigenvalue weighted by molar-refractivity contribution is 0.667. The first-order chi connectivity index (χ1) is 34.6. The maximum Gasteiger partial charge on any atom is 0.159 e. The van der Waals surface area contributed by atoms with Gasteiger partial charge in [-0.3, -0.25) is 0 Å². The first-order valence-corrected chi connectivity index (χ1v) is 24.2. The van der Waals surface area contributed by atoms with Crippen molar-refractivity contribution >= 4 is 94.2 Å². The molecule has 0 saturated carbocycles. The minimum atomic E-state index is -0.205. The number of benzene rings is 10. The number of furan rings is 2. The lowest BCUT2D eigenvalue weighted by Crippen LogP contribution is -2.34. The summed E-state index contributed by atoms with van der Waals surface area (Å²) in [7, 11) is 0. The standard InChI is InChI=1S/C66H46N2O2/c1-41-17-13-19-43(37-41)55-39-59(67(45-21-5-3-6-22-45)57-29-15-27-51-47-25-9-11-31-61(47)69-65(51)57)53-36-34-50-56(44-20-14-18-42(2)38-44)40-60(54-35-33-49(55)63(53)64(50)54)68(46-23-7-4-8-24-46)58-30-16-28-52-48-26-10-12-32-62(48)70-66(52)58/h3-33,35-40,59H,34H2,1-2H3. The van der Waals surface area contributed by atoms with Crippen molar-refractivity contribution in [3.05, 3.63) is 258 Å². The SMILES string of the molecule is Cc1cccc(C2=CC(N(c3ccccc3)c3cccc4c3oc3ccccc34)C3=CCc4c(-c5cccc(C)c5)cc(N(c5ccccc5)c5cccc6c5oc5ccccc56)c5ccc2c3c45)c1. The topological polar surface area (TPSA) is 32.8 Å². The highest BCUT2D eigenvalue weighted by Gasteiger charge is 2.37. The van der Waals surface area contributed by atoms with E-state index in [1.54, 1.807) is 0 Å². The van der Waals surface area contributed by atoms with Gasteiger partial charge < -0.3 is 18.6 Å². The van der Waals surface area contributed by atoms with E-state index in [-0.39, 0.29) is 6.04 Å². The monoisotopic (exact) mass is 898 g/mol. The average molecular weight is 899 g/mol. The lowest BCUT2D eigenvalue weighted by atomic mass is 9.73. The van der Waals surface area contributed by atoms with Crippen LogP contribution in [0.25, 0.3) is 76.9 Å². The maximum absolute atomic E-state index is 6.88. The number of rotatable bonds is 8. The van der Waals surface area contributed by atoms with Crippen molar-refractivity contribution in [1.82, 2.24) is 0 Å². The van der Waals surface area contributed by atoms with Crippen LogP contribution in [0.5, 0.6) is 0 Å². The first-order valence-electron chi connectivity index (χ1n) is 24.2. The molecule has 0 fully saturated rings. The molecule has 70 heavy (non-hydrogen) atoms. The summed E-state index contributed by atoms with van der Waals surface area (Å²) in [6.07, 6.45) is 5.79. The summed E-state index contributed by atoms with van der Waals surface area (Å²) in [4.78, 5) is 4.95. The van der Waals surface area contributed by atoms with Crippen molar-refractivity contribution in [2.24, 2.45) is 0 Å². The predicted molar refractivity (Wildman–Crippen MR) is 292 cm³/mol. The Morgan fingerprint density at radius 1 is 0.443 bits per heavy atom. The summed E-state index contributed by atoms with van der Waals surface area (Å²) < 4.78 is 13.7. The Hall–Kier alpha value is -8.86. The van der Waals surface area contributed by atoms with Gasteiger partial charge in [0, 0.05) is 38.3 Å². The van der Waals surface area contributed by atoms with Gasteiger partial charge in [0.2, 0.25) is 0 Å². The first kappa shape index (κ1) is 40.2. The van der Waals surface area contributed by atoms with Gasteiger partial charge in [0.15, 0.2) is 11.2 Å². The Morgan fingerprint density at radius 2 is 1.01 bits per heavy atom. The van der Waals surface area contributed by atoms with Gasteiger partial charge in [-0.15, -0.1) is 0 Å². The molecule has 0 radical (unpaired) electrons. The van der Waals surface area contributed by atoms with E-state index >= 15 is 0 Å². The van der Waals surface area contributed by atoms with Crippen molar-refractivity contribution in [3.8, 4) is 11.1 Å². The Bertz CT molecular complexity index is 4140. The molecule has 0 aliphatic heterocycles. The number of hydrogen-bond acceptors (Lipinski definition) is 4. The number of nitrogens with zero attached hydrogens (tertiary/aromatic N) is 2. The van der Waals surface area contributed by atoms with Gasteiger partial charge in [0.1, 0.15) is 11.2 Å². The van der Waals surface area contributed by atoms with Gasteiger partial charge in [0.05, 0.1) is 23.1 Å². The highest BCUT2D eigenvalue weighted by atomic mass is 16.3. The van der Waals surface area contributed by atoms with Gasteiger partial charge in [-0.25, -0.2) is 0 Å². The molecular formula is C66H46N2O2. The van der Waals surface area contributed by atoms with Crippen LogP contribution in [0.1, 0.15) is 33.4 Å². The van der Waals surface area contributed by atoms with E-state index in [0.717, 1.165) is 78.7 Å². The summed E-state index contributed by atoms with van der Waals surface area (Å²) in [5.41, 5.74) is 21.1. The van der Waals surface area contributed by atoms with E-state index in [1.165, 1.54) is 66.4 Å². The third kappa shape index (κ3) is 6.23. The average Bonchev–Trinajstić information content (AvgIpc) is 3.99. The molecule has 14 rings (SSSR count). The van der Waals surface area contributed by atoms with Crippen LogP contribution in [-0.4, -0.2) is 6.04 Å². The molecule has 0 spiro atoms. The highest BCUT2D eigenvalue weighted by molar-refractivity contribution is 6.17. The van der Waals surface area contributed by atoms with Crippen molar-refractivity contribution < 1.29 is 8.83 Å². The molecule has 4 heteroatoms. The largest absolute Gasteiger partial charge is 0.454 e. The molecular weight excluding hydrogens is 853 g/mol. The molecule has 332 valence electrons. The Labute approximate surface area is 406 Å². The quantitative estimate of drug-likeness (QED) is 0.152. The van der Waals surface area contributed by atoms with E-state index in [1.807, 2.05) is 0 Å². The van der Waals surface area contributed by atoms with E-state index < -0.39 is 0 Å².